The standard InChI is InChI=1S/C28H25N3O3/c1-2-34-20-14-12-19(13-15-20)26-25-22(21-10-6-7-11-23(21)29-25)16-24-27(32)30(28(33)31(24)26)17-18-8-4-3-5-9-18/h3-15,24,26,29H,2,16-17H2,1H3/t24-,26-/m1/s1. The highest BCUT2D eigenvalue weighted by atomic mass is 16.5. The van der Waals surface area contributed by atoms with Crippen LogP contribution in [0.5, 0.6) is 5.75 Å². The van der Waals surface area contributed by atoms with Crippen molar-refractivity contribution < 1.29 is 14.3 Å². The van der Waals surface area contributed by atoms with Gasteiger partial charge in [-0.2, -0.15) is 0 Å². The number of imide groups is 1. The van der Waals surface area contributed by atoms with Crippen LogP contribution >= 0.6 is 0 Å². The molecule has 34 heavy (non-hydrogen) atoms. The third kappa shape index (κ3) is 3.17. The van der Waals surface area contributed by atoms with Crippen LogP contribution in [0.4, 0.5) is 4.79 Å². The van der Waals surface area contributed by atoms with Crippen molar-refractivity contribution in [3.63, 3.8) is 0 Å². The minimum Gasteiger partial charge on any atom is -0.494 e. The summed E-state index contributed by atoms with van der Waals surface area (Å²) in [5.41, 5.74) is 4.99. The lowest BCUT2D eigenvalue weighted by molar-refractivity contribution is -0.129. The molecule has 0 spiro atoms. The smallest absolute Gasteiger partial charge is 0.328 e. The fourth-order valence-electron chi connectivity index (χ4n) is 5.30. The number of carbonyl (C=O) groups is 2. The third-order valence-electron chi connectivity index (χ3n) is 6.82. The van der Waals surface area contributed by atoms with E-state index in [2.05, 4.69) is 11.1 Å². The maximum absolute atomic E-state index is 13.7. The molecule has 0 unspecified atom stereocenters. The summed E-state index contributed by atoms with van der Waals surface area (Å²) in [5.74, 6) is 0.644. The monoisotopic (exact) mass is 451 g/mol. The van der Waals surface area contributed by atoms with E-state index in [9.17, 15) is 9.59 Å². The lowest BCUT2D eigenvalue weighted by Gasteiger charge is -2.36. The van der Waals surface area contributed by atoms with Gasteiger partial charge in [-0.05, 0) is 41.8 Å². The number of H-pyrrole nitrogens is 1. The summed E-state index contributed by atoms with van der Waals surface area (Å²) in [4.78, 5) is 34.0. The molecule has 1 saturated heterocycles. The summed E-state index contributed by atoms with van der Waals surface area (Å²) < 4.78 is 5.62. The number of hydrogen-bond donors (Lipinski definition) is 1. The van der Waals surface area contributed by atoms with E-state index in [4.69, 9.17) is 4.74 Å². The fraction of sp³-hybridized carbons (Fsp3) is 0.214. The zero-order chi connectivity index (χ0) is 23.2. The zero-order valence-electron chi connectivity index (χ0n) is 18.9. The van der Waals surface area contributed by atoms with Crippen LogP contribution < -0.4 is 4.74 Å². The number of para-hydroxylation sites is 1. The van der Waals surface area contributed by atoms with Crippen LogP contribution in [0, 0.1) is 0 Å². The van der Waals surface area contributed by atoms with Gasteiger partial charge >= 0.3 is 6.03 Å². The number of benzene rings is 3. The fourth-order valence-corrected chi connectivity index (χ4v) is 5.30. The molecular formula is C28H25N3O3. The van der Waals surface area contributed by atoms with Crippen LogP contribution in [-0.4, -0.2) is 39.4 Å². The first-order valence-electron chi connectivity index (χ1n) is 11.7. The Hall–Kier alpha value is -4.06. The second kappa shape index (κ2) is 8.06. The van der Waals surface area contributed by atoms with Gasteiger partial charge in [0.15, 0.2) is 0 Å². The number of carbonyl (C=O) groups excluding carboxylic acids is 2. The average molecular weight is 452 g/mol. The Morgan fingerprint density at radius 1 is 0.941 bits per heavy atom. The van der Waals surface area contributed by atoms with Crippen LogP contribution in [0.15, 0.2) is 78.9 Å². The Morgan fingerprint density at radius 2 is 1.68 bits per heavy atom. The Labute approximate surface area is 197 Å². The molecule has 6 heteroatoms. The number of nitrogens with one attached hydrogen (secondary N) is 1. The Kier molecular flexibility index (Phi) is 4.87. The topological polar surface area (TPSA) is 65.6 Å². The predicted molar refractivity (Wildman–Crippen MR) is 129 cm³/mol. The Bertz CT molecular complexity index is 1380. The van der Waals surface area contributed by atoms with Crippen molar-refractivity contribution in [3.05, 3.63) is 101 Å². The molecule has 0 radical (unpaired) electrons. The number of hydrogen-bond acceptors (Lipinski definition) is 3. The molecule has 2 aliphatic heterocycles. The van der Waals surface area contributed by atoms with E-state index in [-0.39, 0.29) is 24.5 Å². The van der Waals surface area contributed by atoms with Crippen molar-refractivity contribution in [3.8, 4) is 5.75 Å². The highest BCUT2D eigenvalue weighted by Crippen LogP contribution is 2.44. The van der Waals surface area contributed by atoms with Crippen molar-refractivity contribution in [1.29, 1.82) is 0 Å². The van der Waals surface area contributed by atoms with Gasteiger partial charge in [0.25, 0.3) is 5.91 Å². The van der Waals surface area contributed by atoms with E-state index in [1.807, 2.05) is 79.7 Å². The average Bonchev–Trinajstić information content (AvgIpc) is 3.35. The second-order valence-corrected chi connectivity index (χ2v) is 8.79. The molecule has 1 aromatic heterocycles. The van der Waals surface area contributed by atoms with Gasteiger partial charge in [-0.3, -0.25) is 14.6 Å². The molecule has 6 nitrogen and oxygen atoms in total. The zero-order valence-corrected chi connectivity index (χ0v) is 18.9. The Morgan fingerprint density at radius 3 is 2.44 bits per heavy atom. The van der Waals surface area contributed by atoms with E-state index in [1.165, 1.54) is 4.90 Å². The Balaban J connectivity index is 1.46. The van der Waals surface area contributed by atoms with Crippen LogP contribution in [0.1, 0.15) is 35.3 Å². The summed E-state index contributed by atoms with van der Waals surface area (Å²) in [7, 11) is 0. The number of fused-ring (bicyclic) bond motifs is 4. The highest BCUT2D eigenvalue weighted by molar-refractivity contribution is 6.05. The molecule has 2 atom stereocenters. The van der Waals surface area contributed by atoms with E-state index in [0.717, 1.165) is 39.0 Å². The molecule has 0 bridgehead atoms. The normalized spacial score (nSPS) is 19.4. The van der Waals surface area contributed by atoms with Gasteiger partial charge in [-0.15, -0.1) is 0 Å². The molecule has 3 heterocycles. The summed E-state index contributed by atoms with van der Waals surface area (Å²) in [5, 5.41) is 1.11. The number of urea groups is 1. The van der Waals surface area contributed by atoms with Crippen LogP contribution in [-0.2, 0) is 17.8 Å². The summed E-state index contributed by atoms with van der Waals surface area (Å²) >= 11 is 0. The lowest BCUT2D eigenvalue weighted by atomic mass is 9.89. The first-order chi connectivity index (χ1) is 16.7. The number of nitrogens with zero attached hydrogens (tertiary/aromatic N) is 2. The third-order valence-corrected chi connectivity index (χ3v) is 6.82. The highest BCUT2D eigenvalue weighted by Gasteiger charge is 2.52. The maximum Gasteiger partial charge on any atom is 0.328 e. The summed E-state index contributed by atoms with van der Waals surface area (Å²) in [6, 6.07) is 24.5. The number of ether oxygens (including phenoxy) is 1. The van der Waals surface area contributed by atoms with Crippen molar-refractivity contribution in [1.82, 2.24) is 14.8 Å². The molecule has 3 aromatic carbocycles. The van der Waals surface area contributed by atoms with E-state index in [1.54, 1.807) is 4.90 Å². The molecule has 2 aliphatic rings. The lowest BCUT2D eigenvalue weighted by Crippen LogP contribution is -2.44. The van der Waals surface area contributed by atoms with Crippen LogP contribution in [0.3, 0.4) is 0 Å². The van der Waals surface area contributed by atoms with Gasteiger partial charge in [0.05, 0.1) is 13.2 Å². The molecule has 0 saturated carbocycles. The van der Waals surface area contributed by atoms with Crippen molar-refractivity contribution >= 4 is 22.8 Å². The van der Waals surface area contributed by atoms with Crippen molar-refractivity contribution in [2.24, 2.45) is 0 Å². The number of amides is 3. The molecule has 1 fully saturated rings. The predicted octanol–water partition coefficient (Wildman–Crippen LogP) is 5.05. The van der Waals surface area contributed by atoms with Crippen LogP contribution in [0.2, 0.25) is 0 Å². The van der Waals surface area contributed by atoms with Gasteiger partial charge in [0, 0.05) is 23.0 Å². The van der Waals surface area contributed by atoms with E-state index >= 15 is 0 Å². The second-order valence-electron chi connectivity index (χ2n) is 8.79. The molecule has 0 aliphatic carbocycles. The number of rotatable bonds is 5. The van der Waals surface area contributed by atoms with Gasteiger partial charge in [-0.1, -0.05) is 60.7 Å². The minimum atomic E-state index is -0.528. The minimum absolute atomic E-state index is 0.138. The van der Waals surface area contributed by atoms with E-state index in [0.29, 0.717) is 13.0 Å². The molecule has 3 amide bonds. The van der Waals surface area contributed by atoms with Gasteiger partial charge in [0.1, 0.15) is 17.8 Å². The van der Waals surface area contributed by atoms with Gasteiger partial charge in [0.2, 0.25) is 0 Å². The molecule has 6 rings (SSSR count). The largest absolute Gasteiger partial charge is 0.494 e. The maximum atomic E-state index is 13.7. The number of aromatic nitrogens is 1. The van der Waals surface area contributed by atoms with Gasteiger partial charge < -0.3 is 9.72 Å². The molecule has 170 valence electrons. The first-order valence-corrected chi connectivity index (χ1v) is 11.7. The van der Waals surface area contributed by atoms with Crippen LogP contribution in [0.25, 0.3) is 10.9 Å². The molecule has 1 N–H and O–H groups in total. The molecule has 4 aromatic rings. The number of aromatic amines is 1. The summed E-state index contributed by atoms with van der Waals surface area (Å²) in [6.45, 7) is 2.81. The van der Waals surface area contributed by atoms with E-state index < -0.39 is 6.04 Å². The SMILES string of the molecule is CCOc1ccc([C@@H]2c3[nH]c4ccccc4c3C[C@@H]3C(=O)N(Cc4ccccc4)C(=O)N23)cc1. The molecular weight excluding hydrogens is 426 g/mol. The summed E-state index contributed by atoms with van der Waals surface area (Å²) in [6.07, 6.45) is 0.503. The quantitative estimate of drug-likeness (QED) is 0.432. The van der Waals surface area contributed by atoms with Gasteiger partial charge in [-0.25, -0.2) is 4.79 Å². The first kappa shape index (κ1) is 20.5. The van der Waals surface area contributed by atoms with Crippen molar-refractivity contribution in [2.75, 3.05) is 6.61 Å². The van der Waals surface area contributed by atoms with Crippen molar-refractivity contribution in [2.45, 2.75) is 32.0 Å².